The lowest BCUT2D eigenvalue weighted by atomic mass is 10.3. The highest BCUT2D eigenvalue weighted by Gasteiger charge is 2.23. The second kappa shape index (κ2) is 6.10. The van der Waals surface area contributed by atoms with Crippen molar-refractivity contribution in [3.8, 4) is 0 Å². The first kappa shape index (κ1) is 11.6. The maximum Gasteiger partial charge on any atom is 0.407 e. The Morgan fingerprint density at radius 3 is 3.27 bits per heavy atom. The van der Waals surface area contributed by atoms with Crippen LogP contribution >= 0.6 is 0 Å². The number of likely N-dealkylation sites (tertiary alicyclic amines) is 1. The number of azide groups is 1. The normalized spacial score (nSPS) is 20.7. The fourth-order valence-corrected chi connectivity index (χ4v) is 1.61. The van der Waals surface area contributed by atoms with E-state index in [-0.39, 0.29) is 6.04 Å². The predicted octanol–water partition coefficient (Wildman–Crippen LogP) is 0.727. The maximum atomic E-state index is 10.9. The molecule has 7 heteroatoms. The lowest BCUT2D eigenvalue weighted by Gasteiger charge is -2.14. The van der Waals surface area contributed by atoms with Gasteiger partial charge in [0.1, 0.15) is 0 Å². The van der Waals surface area contributed by atoms with E-state index >= 15 is 0 Å². The van der Waals surface area contributed by atoms with Crippen molar-refractivity contribution in [1.29, 1.82) is 0 Å². The largest absolute Gasteiger partial charge is 0.453 e. The van der Waals surface area contributed by atoms with Gasteiger partial charge in [-0.1, -0.05) is 5.11 Å². The summed E-state index contributed by atoms with van der Waals surface area (Å²) in [6.07, 6.45) is 0.516. The minimum absolute atomic E-state index is 0.142. The number of ether oxygens (including phenoxy) is 1. The molecule has 0 aliphatic carbocycles. The lowest BCUT2D eigenvalue weighted by molar-refractivity contribution is 0.166. The Bertz CT molecular complexity index is 264. The molecule has 1 aliphatic rings. The Hall–Kier alpha value is -1.46. The van der Waals surface area contributed by atoms with Crippen molar-refractivity contribution in [2.75, 3.05) is 33.3 Å². The number of carbonyl (C=O) groups excluding carboxylic acids is 1. The summed E-state index contributed by atoms with van der Waals surface area (Å²) in [5, 5.41) is 6.21. The molecule has 1 amide bonds. The molecule has 1 aliphatic heterocycles. The first-order valence-corrected chi connectivity index (χ1v) is 4.84. The first-order valence-electron chi connectivity index (χ1n) is 4.84. The third-order valence-electron chi connectivity index (χ3n) is 2.36. The fraction of sp³-hybridized carbons (Fsp3) is 0.875. The minimum Gasteiger partial charge on any atom is -0.453 e. The van der Waals surface area contributed by atoms with E-state index in [9.17, 15) is 4.79 Å². The third kappa shape index (κ3) is 4.05. The van der Waals surface area contributed by atoms with Crippen LogP contribution in [-0.2, 0) is 4.74 Å². The molecule has 1 fully saturated rings. The number of amides is 1. The monoisotopic (exact) mass is 213 g/mol. The maximum absolute atomic E-state index is 10.9. The Kier molecular flexibility index (Phi) is 4.73. The molecule has 0 aromatic carbocycles. The van der Waals surface area contributed by atoms with Crippen molar-refractivity contribution in [2.24, 2.45) is 5.11 Å². The van der Waals surface area contributed by atoms with Crippen molar-refractivity contribution in [1.82, 2.24) is 10.2 Å². The van der Waals surface area contributed by atoms with Gasteiger partial charge < -0.3 is 15.0 Å². The van der Waals surface area contributed by atoms with Crippen LogP contribution in [0, 0.1) is 0 Å². The molecule has 1 unspecified atom stereocenters. The van der Waals surface area contributed by atoms with E-state index in [0.717, 1.165) is 26.1 Å². The summed E-state index contributed by atoms with van der Waals surface area (Å²) in [7, 11) is 1.35. The van der Waals surface area contributed by atoms with Gasteiger partial charge in [-0.3, -0.25) is 0 Å². The molecule has 1 atom stereocenters. The molecule has 0 aromatic rings. The van der Waals surface area contributed by atoms with E-state index in [4.69, 9.17) is 5.53 Å². The molecule has 0 spiro atoms. The molecule has 1 saturated heterocycles. The van der Waals surface area contributed by atoms with Crippen molar-refractivity contribution < 1.29 is 9.53 Å². The summed E-state index contributed by atoms with van der Waals surface area (Å²) in [4.78, 5) is 15.8. The van der Waals surface area contributed by atoms with Gasteiger partial charge in [-0.2, -0.15) is 0 Å². The quantitative estimate of drug-likeness (QED) is 0.424. The first-order chi connectivity index (χ1) is 7.26. The minimum atomic E-state index is -0.392. The Balaban J connectivity index is 2.20. The van der Waals surface area contributed by atoms with Gasteiger partial charge in [-0.15, -0.1) is 0 Å². The van der Waals surface area contributed by atoms with Gasteiger partial charge >= 0.3 is 6.09 Å². The molecule has 0 bridgehead atoms. The summed E-state index contributed by atoms with van der Waals surface area (Å²) in [6, 6.07) is 0.142. The van der Waals surface area contributed by atoms with Gasteiger partial charge in [0.2, 0.25) is 0 Å². The van der Waals surface area contributed by atoms with E-state index in [1.54, 1.807) is 0 Å². The van der Waals surface area contributed by atoms with Crippen LogP contribution in [-0.4, -0.2) is 50.3 Å². The van der Waals surface area contributed by atoms with Gasteiger partial charge in [0.15, 0.2) is 0 Å². The predicted molar refractivity (Wildman–Crippen MR) is 54.4 cm³/mol. The average molecular weight is 213 g/mol. The molecule has 1 N–H and O–H groups in total. The average Bonchev–Trinajstić information content (AvgIpc) is 2.66. The molecular formula is C8H15N5O2. The summed E-state index contributed by atoms with van der Waals surface area (Å²) in [6.45, 7) is 2.91. The second-order valence-corrected chi connectivity index (χ2v) is 3.38. The molecule has 0 radical (unpaired) electrons. The summed E-state index contributed by atoms with van der Waals surface area (Å²) < 4.78 is 4.51. The Morgan fingerprint density at radius 1 is 1.80 bits per heavy atom. The molecule has 0 saturated carbocycles. The Morgan fingerprint density at radius 2 is 2.60 bits per heavy atom. The van der Waals surface area contributed by atoms with Crippen molar-refractivity contribution >= 4 is 6.09 Å². The molecular weight excluding hydrogens is 198 g/mol. The highest BCUT2D eigenvalue weighted by atomic mass is 16.5. The van der Waals surface area contributed by atoms with Crippen LogP contribution in [0.4, 0.5) is 4.79 Å². The summed E-state index contributed by atoms with van der Waals surface area (Å²) in [5.74, 6) is 0. The van der Waals surface area contributed by atoms with Gasteiger partial charge in [0.25, 0.3) is 0 Å². The molecule has 84 valence electrons. The van der Waals surface area contributed by atoms with Crippen molar-refractivity contribution in [2.45, 2.75) is 12.5 Å². The van der Waals surface area contributed by atoms with E-state index < -0.39 is 6.09 Å². The topological polar surface area (TPSA) is 90.3 Å². The van der Waals surface area contributed by atoms with Crippen LogP contribution in [0.25, 0.3) is 10.4 Å². The summed E-state index contributed by atoms with van der Waals surface area (Å²) >= 11 is 0. The number of nitrogens with one attached hydrogen (secondary N) is 1. The molecule has 0 aromatic heterocycles. The zero-order valence-corrected chi connectivity index (χ0v) is 8.72. The van der Waals surface area contributed by atoms with Crippen LogP contribution in [0.1, 0.15) is 6.42 Å². The number of hydrogen-bond donors (Lipinski definition) is 1. The standard InChI is InChI=1S/C8H15N5O2/c1-15-8(14)11-7-2-4-13(6-7)5-3-10-12-9/h7H,2-6H2,1H3,(H,11,14). The lowest BCUT2D eigenvalue weighted by Crippen LogP contribution is -2.37. The van der Waals surface area contributed by atoms with Crippen molar-refractivity contribution in [3.05, 3.63) is 10.4 Å². The molecule has 1 heterocycles. The van der Waals surface area contributed by atoms with Gasteiger partial charge in [0.05, 0.1) is 7.11 Å². The molecule has 7 nitrogen and oxygen atoms in total. The number of hydrogen-bond acceptors (Lipinski definition) is 4. The number of nitrogens with zero attached hydrogens (tertiary/aromatic N) is 4. The molecule has 15 heavy (non-hydrogen) atoms. The second-order valence-electron chi connectivity index (χ2n) is 3.38. The van der Waals surface area contributed by atoms with Crippen LogP contribution in [0.2, 0.25) is 0 Å². The van der Waals surface area contributed by atoms with Crippen molar-refractivity contribution in [3.63, 3.8) is 0 Å². The van der Waals surface area contributed by atoms with Crippen LogP contribution < -0.4 is 5.32 Å². The summed E-state index contributed by atoms with van der Waals surface area (Å²) in [5.41, 5.74) is 8.11. The molecule has 1 rings (SSSR count). The smallest absolute Gasteiger partial charge is 0.407 e. The highest BCUT2D eigenvalue weighted by molar-refractivity contribution is 5.67. The SMILES string of the molecule is COC(=O)NC1CCN(CCN=[N+]=[N-])C1. The van der Waals surface area contributed by atoms with Gasteiger partial charge in [-0.05, 0) is 12.0 Å². The zero-order chi connectivity index (χ0) is 11.1. The van der Waals surface area contributed by atoms with Crippen LogP contribution in [0.5, 0.6) is 0 Å². The number of alkyl carbamates (subject to hydrolysis) is 1. The van der Waals surface area contributed by atoms with E-state index in [2.05, 4.69) is 25.0 Å². The Labute approximate surface area is 88.0 Å². The zero-order valence-electron chi connectivity index (χ0n) is 8.72. The van der Waals surface area contributed by atoms with E-state index in [1.807, 2.05) is 0 Å². The van der Waals surface area contributed by atoms with Crippen LogP contribution in [0.3, 0.4) is 0 Å². The van der Waals surface area contributed by atoms with Gasteiger partial charge in [-0.25, -0.2) is 4.79 Å². The highest BCUT2D eigenvalue weighted by Crippen LogP contribution is 2.08. The number of rotatable bonds is 4. The van der Waals surface area contributed by atoms with Crippen LogP contribution in [0.15, 0.2) is 5.11 Å². The van der Waals surface area contributed by atoms with E-state index in [1.165, 1.54) is 7.11 Å². The fourth-order valence-electron chi connectivity index (χ4n) is 1.61. The number of carbonyl (C=O) groups is 1. The third-order valence-corrected chi connectivity index (χ3v) is 2.36. The van der Waals surface area contributed by atoms with E-state index in [0.29, 0.717) is 6.54 Å². The van der Waals surface area contributed by atoms with Gasteiger partial charge in [0, 0.05) is 37.1 Å². The number of methoxy groups -OCH3 is 1.